The van der Waals surface area contributed by atoms with Crippen LogP contribution in [0.3, 0.4) is 0 Å². The standard InChI is InChI=1S/C12H13N3S/c1-14-12-10(13)7-8-11(15-12)16-9-5-3-2-4-6-9/h2-8H,13H2,1H3,(H,14,15). The van der Waals surface area contributed by atoms with Crippen molar-refractivity contribution in [2.24, 2.45) is 0 Å². The average molecular weight is 231 g/mol. The molecule has 3 nitrogen and oxygen atoms in total. The molecule has 4 heteroatoms. The Labute approximate surface area is 99.1 Å². The van der Waals surface area contributed by atoms with Gasteiger partial charge in [0.15, 0.2) is 0 Å². The highest BCUT2D eigenvalue weighted by molar-refractivity contribution is 7.99. The van der Waals surface area contributed by atoms with Crippen LogP contribution in [0.2, 0.25) is 0 Å². The summed E-state index contributed by atoms with van der Waals surface area (Å²) in [6, 6.07) is 13.9. The molecule has 0 aliphatic rings. The van der Waals surface area contributed by atoms with Crippen molar-refractivity contribution in [3.8, 4) is 0 Å². The van der Waals surface area contributed by atoms with E-state index in [0.29, 0.717) is 5.69 Å². The average Bonchev–Trinajstić information content (AvgIpc) is 2.33. The number of nitrogen functional groups attached to an aromatic ring is 1. The summed E-state index contributed by atoms with van der Waals surface area (Å²) in [6.45, 7) is 0. The van der Waals surface area contributed by atoms with Gasteiger partial charge in [0.2, 0.25) is 0 Å². The summed E-state index contributed by atoms with van der Waals surface area (Å²) >= 11 is 1.62. The van der Waals surface area contributed by atoms with E-state index >= 15 is 0 Å². The molecule has 0 fully saturated rings. The maximum atomic E-state index is 5.76. The van der Waals surface area contributed by atoms with Gasteiger partial charge in [0, 0.05) is 11.9 Å². The van der Waals surface area contributed by atoms with Gasteiger partial charge in [-0.3, -0.25) is 0 Å². The minimum absolute atomic E-state index is 0.667. The van der Waals surface area contributed by atoms with Crippen LogP contribution in [0.1, 0.15) is 0 Å². The summed E-state index contributed by atoms with van der Waals surface area (Å²) < 4.78 is 0. The van der Waals surface area contributed by atoms with E-state index in [-0.39, 0.29) is 0 Å². The van der Waals surface area contributed by atoms with Crippen molar-refractivity contribution >= 4 is 23.3 Å². The molecule has 0 radical (unpaired) electrons. The molecule has 1 aromatic heterocycles. The summed E-state index contributed by atoms with van der Waals surface area (Å²) in [6.07, 6.45) is 0. The van der Waals surface area contributed by atoms with Gasteiger partial charge in [-0.2, -0.15) is 0 Å². The first-order chi connectivity index (χ1) is 7.79. The summed E-state index contributed by atoms with van der Waals surface area (Å²) in [7, 11) is 1.82. The molecular weight excluding hydrogens is 218 g/mol. The number of hydrogen-bond acceptors (Lipinski definition) is 4. The van der Waals surface area contributed by atoms with Gasteiger partial charge in [-0.1, -0.05) is 30.0 Å². The largest absolute Gasteiger partial charge is 0.396 e. The van der Waals surface area contributed by atoms with E-state index in [4.69, 9.17) is 5.73 Å². The summed E-state index contributed by atoms with van der Waals surface area (Å²) in [5, 5.41) is 3.91. The van der Waals surface area contributed by atoms with Crippen molar-refractivity contribution in [3.63, 3.8) is 0 Å². The van der Waals surface area contributed by atoms with Crippen LogP contribution in [-0.4, -0.2) is 12.0 Å². The van der Waals surface area contributed by atoms with Gasteiger partial charge in [0.25, 0.3) is 0 Å². The van der Waals surface area contributed by atoms with Crippen LogP contribution in [0.4, 0.5) is 11.5 Å². The first-order valence-corrected chi connectivity index (χ1v) is 5.78. The molecule has 0 saturated carbocycles. The number of anilines is 2. The van der Waals surface area contributed by atoms with Gasteiger partial charge in [-0.15, -0.1) is 0 Å². The fourth-order valence-corrected chi connectivity index (χ4v) is 2.13. The second kappa shape index (κ2) is 4.90. The van der Waals surface area contributed by atoms with E-state index in [2.05, 4.69) is 22.4 Å². The van der Waals surface area contributed by atoms with Gasteiger partial charge in [-0.25, -0.2) is 4.98 Å². The Hall–Kier alpha value is -1.68. The van der Waals surface area contributed by atoms with Crippen molar-refractivity contribution < 1.29 is 0 Å². The molecule has 2 rings (SSSR count). The summed E-state index contributed by atoms with van der Waals surface area (Å²) in [5.74, 6) is 0.723. The number of benzene rings is 1. The third-order valence-corrected chi connectivity index (χ3v) is 3.05. The van der Waals surface area contributed by atoms with Crippen LogP contribution < -0.4 is 11.1 Å². The van der Waals surface area contributed by atoms with Crippen LogP contribution in [0, 0.1) is 0 Å². The van der Waals surface area contributed by atoms with Crippen LogP contribution >= 0.6 is 11.8 Å². The quantitative estimate of drug-likeness (QED) is 0.853. The number of aromatic nitrogens is 1. The molecule has 0 unspecified atom stereocenters. The smallest absolute Gasteiger partial charge is 0.150 e. The van der Waals surface area contributed by atoms with Crippen molar-refractivity contribution in [2.45, 2.75) is 9.92 Å². The van der Waals surface area contributed by atoms with E-state index < -0.39 is 0 Å². The Balaban J connectivity index is 2.22. The van der Waals surface area contributed by atoms with Crippen LogP contribution in [0.25, 0.3) is 0 Å². The fraction of sp³-hybridized carbons (Fsp3) is 0.0833. The Morgan fingerprint density at radius 2 is 1.88 bits per heavy atom. The molecule has 0 aliphatic heterocycles. The SMILES string of the molecule is CNc1nc(Sc2ccccc2)ccc1N. The lowest BCUT2D eigenvalue weighted by Gasteiger charge is -2.06. The highest BCUT2D eigenvalue weighted by Crippen LogP contribution is 2.28. The van der Waals surface area contributed by atoms with Crippen LogP contribution in [0.15, 0.2) is 52.4 Å². The molecule has 0 amide bonds. The Morgan fingerprint density at radius 3 is 2.56 bits per heavy atom. The van der Waals surface area contributed by atoms with Crippen LogP contribution in [-0.2, 0) is 0 Å². The normalized spacial score (nSPS) is 10.1. The number of nitrogens with one attached hydrogen (secondary N) is 1. The molecule has 82 valence electrons. The lowest BCUT2D eigenvalue weighted by atomic mass is 10.4. The van der Waals surface area contributed by atoms with E-state index in [1.807, 2.05) is 37.4 Å². The number of nitrogens with two attached hydrogens (primary N) is 1. The topological polar surface area (TPSA) is 50.9 Å². The van der Waals surface area contributed by atoms with Gasteiger partial charge >= 0.3 is 0 Å². The van der Waals surface area contributed by atoms with Gasteiger partial charge in [0.05, 0.1) is 5.69 Å². The second-order valence-corrected chi connectivity index (χ2v) is 4.35. The second-order valence-electron chi connectivity index (χ2n) is 3.25. The molecule has 2 aromatic rings. The monoisotopic (exact) mass is 231 g/mol. The highest BCUT2D eigenvalue weighted by Gasteiger charge is 2.02. The molecule has 0 saturated heterocycles. The Morgan fingerprint density at radius 1 is 1.12 bits per heavy atom. The van der Waals surface area contributed by atoms with E-state index in [9.17, 15) is 0 Å². The number of pyridine rings is 1. The van der Waals surface area contributed by atoms with Crippen molar-refractivity contribution in [1.29, 1.82) is 0 Å². The van der Waals surface area contributed by atoms with Crippen LogP contribution in [0.5, 0.6) is 0 Å². The number of nitrogens with zero attached hydrogens (tertiary/aromatic N) is 1. The van der Waals surface area contributed by atoms with Gasteiger partial charge < -0.3 is 11.1 Å². The number of rotatable bonds is 3. The zero-order valence-electron chi connectivity index (χ0n) is 8.97. The Bertz CT molecular complexity index is 471. The van der Waals surface area contributed by atoms with E-state index in [1.165, 1.54) is 4.90 Å². The van der Waals surface area contributed by atoms with Gasteiger partial charge in [-0.05, 0) is 24.3 Å². The predicted octanol–water partition coefficient (Wildman–Crippen LogP) is 2.86. The zero-order valence-corrected chi connectivity index (χ0v) is 9.79. The zero-order chi connectivity index (χ0) is 11.4. The fourth-order valence-electron chi connectivity index (χ4n) is 1.32. The summed E-state index contributed by atoms with van der Waals surface area (Å²) in [4.78, 5) is 5.58. The lowest BCUT2D eigenvalue weighted by Crippen LogP contribution is -1.98. The molecule has 1 aromatic carbocycles. The summed E-state index contributed by atoms with van der Waals surface area (Å²) in [5.41, 5.74) is 6.43. The molecule has 0 bridgehead atoms. The Kier molecular flexibility index (Phi) is 3.31. The molecule has 0 aliphatic carbocycles. The lowest BCUT2D eigenvalue weighted by molar-refractivity contribution is 1.13. The van der Waals surface area contributed by atoms with Crippen molar-refractivity contribution in [3.05, 3.63) is 42.5 Å². The first-order valence-electron chi connectivity index (χ1n) is 4.97. The third kappa shape index (κ3) is 2.46. The predicted molar refractivity (Wildman–Crippen MR) is 68.8 cm³/mol. The molecule has 0 atom stereocenters. The number of hydrogen-bond donors (Lipinski definition) is 2. The molecule has 3 N–H and O–H groups in total. The van der Waals surface area contributed by atoms with E-state index in [1.54, 1.807) is 11.8 Å². The molecular formula is C12H13N3S. The molecule has 0 spiro atoms. The first kappa shape index (κ1) is 10.8. The van der Waals surface area contributed by atoms with Crippen molar-refractivity contribution in [1.82, 2.24) is 4.98 Å². The maximum Gasteiger partial charge on any atom is 0.150 e. The van der Waals surface area contributed by atoms with Gasteiger partial charge in [0.1, 0.15) is 10.8 Å². The third-order valence-electron chi connectivity index (χ3n) is 2.10. The minimum atomic E-state index is 0.667. The molecule has 16 heavy (non-hydrogen) atoms. The molecule has 1 heterocycles. The van der Waals surface area contributed by atoms with Crippen molar-refractivity contribution in [2.75, 3.05) is 18.1 Å². The highest BCUT2D eigenvalue weighted by atomic mass is 32.2. The van der Waals surface area contributed by atoms with E-state index in [0.717, 1.165) is 10.8 Å². The maximum absolute atomic E-state index is 5.76. The minimum Gasteiger partial charge on any atom is -0.396 e.